The van der Waals surface area contributed by atoms with Crippen molar-refractivity contribution in [1.29, 1.82) is 0 Å². The topological polar surface area (TPSA) is 43.1 Å². The summed E-state index contributed by atoms with van der Waals surface area (Å²) in [7, 11) is 0. The van der Waals surface area contributed by atoms with Gasteiger partial charge in [-0.3, -0.25) is 4.79 Å². The van der Waals surface area contributed by atoms with E-state index in [0.717, 1.165) is 12.8 Å². The molecular formula is C17H14F3NO. The van der Waals surface area contributed by atoms with E-state index in [1.54, 1.807) is 30.3 Å². The van der Waals surface area contributed by atoms with Crippen molar-refractivity contribution in [3.63, 3.8) is 0 Å². The Morgan fingerprint density at radius 1 is 1.05 bits per heavy atom. The van der Waals surface area contributed by atoms with Crippen molar-refractivity contribution < 1.29 is 18.0 Å². The average Bonchev–Trinajstić information content (AvgIpc) is 3.30. The first kappa shape index (κ1) is 14.6. The summed E-state index contributed by atoms with van der Waals surface area (Å²) in [6.45, 7) is 0. The van der Waals surface area contributed by atoms with Crippen molar-refractivity contribution in [2.75, 3.05) is 0 Å². The van der Waals surface area contributed by atoms with Crippen LogP contribution in [0.4, 0.5) is 13.2 Å². The maximum Gasteiger partial charge on any atom is 0.417 e. The molecule has 0 saturated heterocycles. The van der Waals surface area contributed by atoms with Gasteiger partial charge in [-0.1, -0.05) is 36.4 Å². The van der Waals surface area contributed by atoms with E-state index in [-0.39, 0.29) is 22.6 Å². The highest BCUT2D eigenvalue weighted by Gasteiger charge is 2.41. The Kier molecular flexibility index (Phi) is 3.43. The van der Waals surface area contributed by atoms with Crippen LogP contribution in [0, 0.1) is 0 Å². The molecule has 2 aromatic carbocycles. The molecule has 0 atom stereocenters. The molecule has 0 bridgehead atoms. The molecule has 114 valence electrons. The molecule has 2 N–H and O–H groups in total. The molecule has 1 aliphatic rings. The Morgan fingerprint density at radius 2 is 1.68 bits per heavy atom. The monoisotopic (exact) mass is 305 g/mol. The fraction of sp³-hybridized carbons (Fsp3) is 0.235. The predicted octanol–water partition coefficient (Wildman–Crippen LogP) is 4.35. The van der Waals surface area contributed by atoms with Gasteiger partial charge < -0.3 is 5.73 Å². The number of hydrogen-bond acceptors (Lipinski definition) is 1. The van der Waals surface area contributed by atoms with E-state index in [2.05, 4.69) is 0 Å². The zero-order valence-corrected chi connectivity index (χ0v) is 11.7. The van der Waals surface area contributed by atoms with E-state index in [4.69, 9.17) is 5.73 Å². The zero-order valence-electron chi connectivity index (χ0n) is 11.7. The molecule has 1 amide bonds. The largest absolute Gasteiger partial charge is 0.417 e. The first-order valence-electron chi connectivity index (χ1n) is 6.99. The number of carbonyl (C=O) groups is 1. The molecule has 0 unspecified atom stereocenters. The van der Waals surface area contributed by atoms with Crippen LogP contribution in [-0.4, -0.2) is 5.91 Å². The van der Waals surface area contributed by atoms with Crippen LogP contribution in [0.1, 0.15) is 40.2 Å². The van der Waals surface area contributed by atoms with Crippen LogP contribution < -0.4 is 5.73 Å². The number of rotatable bonds is 3. The fourth-order valence-electron chi connectivity index (χ4n) is 2.77. The van der Waals surface area contributed by atoms with Crippen molar-refractivity contribution in [3.8, 4) is 11.1 Å². The lowest BCUT2D eigenvalue weighted by atomic mass is 9.88. The van der Waals surface area contributed by atoms with E-state index < -0.39 is 17.6 Å². The highest BCUT2D eigenvalue weighted by Crippen LogP contribution is 2.49. The zero-order chi connectivity index (χ0) is 15.9. The van der Waals surface area contributed by atoms with E-state index >= 15 is 0 Å². The molecule has 2 nitrogen and oxygen atoms in total. The summed E-state index contributed by atoms with van der Waals surface area (Å²) in [5, 5.41) is 0. The quantitative estimate of drug-likeness (QED) is 0.900. The van der Waals surface area contributed by atoms with Gasteiger partial charge >= 0.3 is 6.18 Å². The molecule has 0 spiro atoms. The molecule has 0 radical (unpaired) electrons. The molecule has 22 heavy (non-hydrogen) atoms. The Bertz CT molecular complexity index is 719. The van der Waals surface area contributed by atoms with Crippen molar-refractivity contribution in [1.82, 2.24) is 0 Å². The Morgan fingerprint density at radius 3 is 2.18 bits per heavy atom. The van der Waals surface area contributed by atoms with Crippen molar-refractivity contribution in [2.24, 2.45) is 5.73 Å². The van der Waals surface area contributed by atoms with Gasteiger partial charge in [0.2, 0.25) is 5.91 Å². The average molecular weight is 305 g/mol. The Hall–Kier alpha value is -2.30. The standard InChI is InChI=1S/C17H14F3NO/c18-17(19,20)15-12(10-6-7-10)8-9-13(16(21)22)14(15)11-4-2-1-3-5-11/h1-5,8-10H,6-7H2,(H2,21,22). The number of alkyl halides is 3. The smallest absolute Gasteiger partial charge is 0.366 e. The van der Waals surface area contributed by atoms with E-state index in [1.807, 2.05) is 0 Å². The number of halogens is 3. The molecule has 1 fully saturated rings. The van der Waals surface area contributed by atoms with Gasteiger partial charge in [0.15, 0.2) is 0 Å². The highest BCUT2D eigenvalue weighted by atomic mass is 19.4. The summed E-state index contributed by atoms with van der Waals surface area (Å²) < 4.78 is 41.0. The van der Waals surface area contributed by atoms with Gasteiger partial charge in [0.25, 0.3) is 0 Å². The second-order valence-electron chi connectivity index (χ2n) is 5.45. The molecule has 1 aliphatic carbocycles. The summed E-state index contributed by atoms with van der Waals surface area (Å²) in [5.41, 5.74) is 4.99. The summed E-state index contributed by atoms with van der Waals surface area (Å²) in [5.74, 6) is -0.937. The van der Waals surface area contributed by atoms with Crippen LogP contribution in [0.3, 0.4) is 0 Å². The third kappa shape index (κ3) is 2.58. The third-order valence-corrected chi connectivity index (χ3v) is 3.87. The van der Waals surface area contributed by atoms with Crippen molar-refractivity contribution in [2.45, 2.75) is 24.9 Å². The molecule has 0 heterocycles. The Labute approximate surface area is 125 Å². The number of hydrogen-bond donors (Lipinski definition) is 1. The van der Waals surface area contributed by atoms with E-state index in [1.165, 1.54) is 12.1 Å². The first-order chi connectivity index (χ1) is 10.4. The first-order valence-corrected chi connectivity index (χ1v) is 6.99. The van der Waals surface area contributed by atoms with Gasteiger partial charge in [-0.15, -0.1) is 0 Å². The van der Waals surface area contributed by atoms with Gasteiger partial charge in [-0.2, -0.15) is 13.2 Å². The lowest BCUT2D eigenvalue weighted by Crippen LogP contribution is -2.18. The number of primary amides is 1. The summed E-state index contributed by atoms with van der Waals surface area (Å²) in [6, 6.07) is 10.9. The third-order valence-electron chi connectivity index (χ3n) is 3.87. The lowest BCUT2D eigenvalue weighted by molar-refractivity contribution is -0.137. The lowest BCUT2D eigenvalue weighted by Gasteiger charge is -2.20. The van der Waals surface area contributed by atoms with Crippen molar-refractivity contribution >= 4 is 5.91 Å². The molecule has 5 heteroatoms. The van der Waals surface area contributed by atoms with Crippen LogP contribution in [0.25, 0.3) is 11.1 Å². The second kappa shape index (κ2) is 5.16. The van der Waals surface area contributed by atoms with Crippen LogP contribution in [-0.2, 0) is 6.18 Å². The van der Waals surface area contributed by atoms with Gasteiger partial charge in [-0.25, -0.2) is 0 Å². The molecule has 2 aromatic rings. The molecular weight excluding hydrogens is 291 g/mol. The van der Waals surface area contributed by atoms with Crippen LogP contribution in [0.15, 0.2) is 42.5 Å². The molecule has 1 saturated carbocycles. The number of carbonyl (C=O) groups excluding carboxylic acids is 1. The van der Waals surface area contributed by atoms with E-state index in [9.17, 15) is 18.0 Å². The number of benzene rings is 2. The highest BCUT2D eigenvalue weighted by molar-refractivity contribution is 6.01. The second-order valence-corrected chi connectivity index (χ2v) is 5.45. The van der Waals surface area contributed by atoms with Crippen LogP contribution >= 0.6 is 0 Å². The van der Waals surface area contributed by atoms with Gasteiger partial charge in [-0.05, 0) is 36.0 Å². The Balaban J connectivity index is 2.36. The van der Waals surface area contributed by atoms with Crippen LogP contribution in [0.5, 0.6) is 0 Å². The van der Waals surface area contributed by atoms with E-state index in [0.29, 0.717) is 5.56 Å². The summed E-state index contributed by atoms with van der Waals surface area (Å²) in [6.07, 6.45) is -3.05. The molecule has 0 aromatic heterocycles. The van der Waals surface area contributed by atoms with Gasteiger partial charge in [0, 0.05) is 11.1 Å². The molecule has 3 rings (SSSR count). The minimum atomic E-state index is -4.53. The van der Waals surface area contributed by atoms with Gasteiger partial charge in [0.1, 0.15) is 0 Å². The number of nitrogens with two attached hydrogens (primary N) is 1. The number of amides is 1. The van der Waals surface area contributed by atoms with Crippen molar-refractivity contribution in [3.05, 3.63) is 59.2 Å². The fourth-order valence-corrected chi connectivity index (χ4v) is 2.77. The minimum absolute atomic E-state index is 0.0824. The minimum Gasteiger partial charge on any atom is -0.366 e. The summed E-state index contributed by atoms with van der Waals surface area (Å²) in [4.78, 5) is 11.6. The summed E-state index contributed by atoms with van der Waals surface area (Å²) >= 11 is 0. The van der Waals surface area contributed by atoms with Gasteiger partial charge in [0.05, 0.1) is 5.56 Å². The normalized spacial score (nSPS) is 14.9. The maximum absolute atomic E-state index is 13.7. The predicted molar refractivity (Wildman–Crippen MR) is 77.4 cm³/mol. The SMILES string of the molecule is NC(=O)c1ccc(C2CC2)c(C(F)(F)F)c1-c1ccccc1. The maximum atomic E-state index is 13.7. The molecule has 0 aliphatic heterocycles. The van der Waals surface area contributed by atoms with Crippen LogP contribution in [0.2, 0.25) is 0 Å².